The van der Waals surface area contributed by atoms with Crippen LogP contribution in [-0.4, -0.2) is 51.4 Å². The smallest absolute Gasteiger partial charge is 0.264 e. The summed E-state index contributed by atoms with van der Waals surface area (Å²) >= 11 is 0. The minimum absolute atomic E-state index is 0.0575. The van der Waals surface area contributed by atoms with E-state index in [1.54, 1.807) is 49.4 Å². The molecule has 0 heterocycles. The average molecular weight is 584 g/mol. The van der Waals surface area contributed by atoms with Gasteiger partial charge < -0.3 is 15.0 Å². The van der Waals surface area contributed by atoms with Crippen LogP contribution in [0.25, 0.3) is 0 Å². The fraction of sp³-hybridized carbons (Fsp3) is 0.355. The topological polar surface area (TPSA) is 96.0 Å². The van der Waals surface area contributed by atoms with Gasteiger partial charge in [0.05, 0.1) is 17.7 Å². The third kappa shape index (κ3) is 8.29. The van der Waals surface area contributed by atoms with E-state index in [1.807, 2.05) is 26.8 Å². The minimum Gasteiger partial charge on any atom is -0.497 e. The van der Waals surface area contributed by atoms with E-state index in [-0.39, 0.29) is 29.0 Å². The number of amides is 2. The highest BCUT2D eigenvalue weighted by Crippen LogP contribution is 2.26. The first-order valence-electron chi connectivity index (χ1n) is 13.5. The standard InChI is InChI=1S/C31H38FN3O5S/c1-6-29(31(37)33-19-22(2)3)34(20-24-8-7-9-27(18-24)40-5)30(36)21-35(26-14-10-23(4)11-15-26)41(38,39)28-16-12-25(32)13-17-28/h7-18,22,29H,6,19-21H2,1-5H3,(H,33,37). The zero-order valence-corrected chi connectivity index (χ0v) is 24.9. The van der Waals surface area contributed by atoms with Crippen LogP contribution in [-0.2, 0) is 26.2 Å². The molecule has 8 nitrogen and oxygen atoms in total. The summed E-state index contributed by atoms with van der Waals surface area (Å²) in [6.07, 6.45) is 0.314. The maximum absolute atomic E-state index is 14.1. The number of carbonyl (C=O) groups is 2. The number of hydrogen-bond acceptors (Lipinski definition) is 5. The summed E-state index contributed by atoms with van der Waals surface area (Å²) in [6, 6.07) is 17.5. The van der Waals surface area contributed by atoms with Crippen molar-refractivity contribution in [2.45, 2.75) is 51.6 Å². The molecule has 0 radical (unpaired) electrons. The van der Waals surface area contributed by atoms with Gasteiger partial charge in [-0.15, -0.1) is 0 Å². The van der Waals surface area contributed by atoms with E-state index in [0.29, 0.717) is 18.7 Å². The molecule has 0 bridgehead atoms. The van der Waals surface area contributed by atoms with Crippen molar-refractivity contribution in [3.63, 3.8) is 0 Å². The van der Waals surface area contributed by atoms with Crippen LogP contribution in [0.2, 0.25) is 0 Å². The molecule has 41 heavy (non-hydrogen) atoms. The van der Waals surface area contributed by atoms with E-state index >= 15 is 0 Å². The summed E-state index contributed by atoms with van der Waals surface area (Å²) in [5.74, 6) is -0.667. The second-order valence-electron chi connectivity index (χ2n) is 10.2. The van der Waals surface area contributed by atoms with Crippen LogP contribution >= 0.6 is 0 Å². The number of ether oxygens (including phenoxy) is 1. The van der Waals surface area contributed by atoms with Gasteiger partial charge in [-0.25, -0.2) is 12.8 Å². The molecule has 0 fully saturated rings. The number of sulfonamides is 1. The van der Waals surface area contributed by atoms with Gasteiger partial charge in [0.1, 0.15) is 24.2 Å². The van der Waals surface area contributed by atoms with Gasteiger partial charge in [-0.2, -0.15) is 0 Å². The molecule has 2 amide bonds. The predicted octanol–water partition coefficient (Wildman–Crippen LogP) is 4.92. The minimum atomic E-state index is -4.27. The Bertz CT molecular complexity index is 1430. The lowest BCUT2D eigenvalue weighted by molar-refractivity contribution is -0.140. The van der Waals surface area contributed by atoms with Crippen LogP contribution in [0.3, 0.4) is 0 Å². The van der Waals surface area contributed by atoms with Crippen LogP contribution in [0.15, 0.2) is 77.7 Å². The van der Waals surface area contributed by atoms with Gasteiger partial charge in [0.15, 0.2) is 0 Å². The van der Waals surface area contributed by atoms with Crippen molar-refractivity contribution >= 4 is 27.5 Å². The number of benzene rings is 3. The third-order valence-corrected chi connectivity index (χ3v) is 8.35. The lowest BCUT2D eigenvalue weighted by atomic mass is 10.1. The average Bonchev–Trinajstić information content (AvgIpc) is 2.95. The highest BCUT2D eigenvalue weighted by Gasteiger charge is 2.33. The van der Waals surface area contributed by atoms with Crippen LogP contribution < -0.4 is 14.4 Å². The molecule has 10 heteroatoms. The molecule has 0 aliphatic heterocycles. The number of carbonyl (C=O) groups excluding carboxylic acids is 2. The number of nitrogens with one attached hydrogen (secondary N) is 1. The van der Waals surface area contributed by atoms with Crippen LogP contribution in [0, 0.1) is 18.7 Å². The van der Waals surface area contributed by atoms with Crippen molar-refractivity contribution in [2.24, 2.45) is 5.92 Å². The van der Waals surface area contributed by atoms with E-state index < -0.39 is 34.3 Å². The number of nitrogens with zero attached hydrogens (tertiary/aromatic N) is 2. The number of hydrogen-bond donors (Lipinski definition) is 1. The second kappa shape index (κ2) is 14.1. The zero-order chi connectivity index (χ0) is 30.2. The van der Waals surface area contributed by atoms with E-state index in [2.05, 4.69) is 5.32 Å². The Morgan fingerprint density at radius 2 is 1.66 bits per heavy atom. The lowest BCUT2D eigenvalue weighted by Crippen LogP contribution is -2.52. The fourth-order valence-electron chi connectivity index (χ4n) is 4.28. The third-order valence-electron chi connectivity index (χ3n) is 6.56. The van der Waals surface area contributed by atoms with Crippen molar-refractivity contribution in [3.05, 3.63) is 89.7 Å². The second-order valence-corrected chi connectivity index (χ2v) is 12.1. The first-order chi connectivity index (χ1) is 19.5. The Morgan fingerprint density at radius 1 is 1.00 bits per heavy atom. The molecule has 3 aromatic carbocycles. The summed E-state index contributed by atoms with van der Waals surface area (Å²) in [5.41, 5.74) is 1.90. The molecule has 1 unspecified atom stereocenters. The molecule has 0 aromatic heterocycles. The van der Waals surface area contributed by atoms with Crippen LogP contribution in [0.5, 0.6) is 5.75 Å². The van der Waals surface area contributed by atoms with Crippen LogP contribution in [0.1, 0.15) is 38.3 Å². The Labute approximate surface area is 242 Å². The number of methoxy groups -OCH3 is 1. The molecule has 3 aromatic rings. The Hall–Kier alpha value is -3.92. The molecule has 220 valence electrons. The molecular formula is C31H38FN3O5S. The number of aryl methyl sites for hydroxylation is 1. The molecule has 1 N–H and O–H groups in total. The van der Waals surface area contributed by atoms with Crippen LogP contribution in [0.4, 0.5) is 10.1 Å². The first-order valence-corrected chi connectivity index (χ1v) is 14.9. The largest absolute Gasteiger partial charge is 0.497 e. The highest BCUT2D eigenvalue weighted by molar-refractivity contribution is 7.92. The molecule has 0 aliphatic carbocycles. The number of anilines is 1. The normalized spacial score (nSPS) is 12.1. The van der Waals surface area contributed by atoms with Gasteiger partial charge in [0, 0.05) is 13.1 Å². The molecular weight excluding hydrogens is 545 g/mol. The van der Waals surface area contributed by atoms with Crippen molar-refractivity contribution in [2.75, 3.05) is 24.5 Å². The lowest BCUT2D eigenvalue weighted by Gasteiger charge is -2.33. The van der Waals surface area contributed by atoms with Crippen molar-refractivity contribution < 1.29 is 27.1 Å². The van der Waals surface area contributed by atoms with Crippen molar-refractivity contribution in [1.29, 1.82) is 0 Å². The van der Waals surface area contributed by atoms with Crippen molar-refractivity contribution in [1.82, 2.24) is 10.2 Å². The molecule has 1 atom stereocenters. The van der Waals surface area contributed by atoms with E-state index in [4.69, 9.17) is 4.74 Å². The molecule has 0 saturated carbocycles. The van der Waals surface area contributed by atoms with Gasteiger partial charge in [-0.1, -0.05) is 50.6 Å². The van der Waals surface area contributed by atoms with E-state index in [9.17, 15) is 22.4 Å². The van der Waals surface area contributed by atoms with Gasteiger partial charge in [0.2, 0.25) is 11.8 Å². The van der Waals surface area contributed by atoms with Gasteiger partial charge in [-0.05, 0) is 73.4 Å². The Kier molecular flexibility index (Phi) is 10.9. The molecule has 3 rings (SSSR count). The maximum atomic E-state index is 14.1. The summed E-state index contributed by atoms with van der Waals surface area (Å²) in [6.45, 7) is 7.54. The van der Waals surface area contributed by atoms with Gasteiger partial charge in [-0.3, -0.25) is 13.9 Å². The summed E-state index contributed by atoms with van der Waals surface area (Å²) in [5, 5.41) is 2.90. The molecule has 0 saturated heterocycles. The Balaban J connectivity index is 2.05. The molecule has 0 aliphatic rings. The zero-order valence-electron chi connectivity index (χ0n) is 24.1. The van der Waals surface area contributed by atoms with Gasteiger partial charge in [0.25, 0.3) is 10.0 Å². The number of rotatable bonds is 13. The van der Waals surface area contributed by atoms with Gasteiger partial charge >= 0.3 is 0 Å². The van der Waals surface area contributed by atoms with Crippen molar-refractivity contribution in [3.8, 4) is 5.75 Å². The first kappa shape index (κ1) is 31.6. The Morgan fingerprint density at radius 3 is 2.24 bits per heavy atom. The summed E-state index contributed by atoms with van der Waals surface area (Å²) in [4.78, 5) is 28.6. The maximum Gasteiger partial charge on any atom is 0.264 e. The van der Waals surface area contributed by atoms with E-state index in [0.717, 1.165) is 27.6 Å². The summed E-state index contributed by atoms with van der Waals surface area (Å²) in [7, 11) is -2.73. The SMILES string of the molecule is CCC(C(=O)NCC(C)C)N(Cc1cccc(OC)c1)C(=O)CN(c1ccc(C)cc1)S(=O)(=O)c1ccc(F)cc1. The predicted molar refractivity (Wildman–Crippen MR) is 158 cm³/mol. The molecule has 0 spiro atoms. The number of halogens is 1. The monoisotopic (exact) mass is 583 g/mol. The highest BCUT2D eigenvalue weighted by atomic mass is 32.2. The fourth-order valence-corrected chi connectivity index (χ4v) is 5.70. The quantitative estimate of drug-likeness (QED) is 0.308. The summed E-state index contributed by atoms with van der Waals surface area (Å²) < 4.78 is 47.6. The van der Waals surface area contributed by atoms with E-state index in [1.165, 1.54) is 24.1 Å².